The predicted molar refractivity (Wildman–Crippen MR) is 111 cm³/mol. The second-order valence-corrected chi connectivity index (χ2v) is 6.86. The van der Waals surface area contributed by atoms with Crippen LogP contribution >= 0.6 is 11.6 Å². The second kappa shape index (κ2) is 8.59. The first-order valence-electron chi connectivity index (χ1n) is 8.80. The number of anilines is 2. The van der Waals surface area contributed by atoms with Crippen molar-refractivity contribution >= 4 is 34.8 Å². The van der Waals surface area contributed by atoms with Crippen LogP contribution in [0.1, 0.15) is 22.8 Å². The van der Waals surface area contributed by atoms with Gasteiger partial charge in [-0.2, -0.15) is 13.2 Å². The van der Waals surface area contributed by atoms with Gasteiger partial charge in [0.25, 0.3) is 5.91 Å². The maximum absolute atomic E-state index is 12.9. The Morgan fingerprint density at radius 2 is 1.57 bits per heavy atom. The van der Waals surface area contributed by atoms with Crippen molar-refractivity contribution in [1.82, 2.24) is 0 Å². The zero-order valence-corrected chi connectivity index (χ0v) is 16.4. The molecular formula is C22H16ClF3N2O2. The molecule has 2 amide bonds. The molecule has 30 heavy (non-hydrogen) atoms. The molecule has 0 aromatic heterocycles. The van der Waals surface area contributed by atoms with Crippen LogP contribution in [0.2, 0.25) is 5.02 Å². The van der Waals surface area contributed by atoms with E-state index in [0.29, 0.717) is 16.8 Å². The van der Waals surface area contributed by atoms with Gasteiger partial charge in [0.2, 0.25) is 5.91 Å². The summed E-state index contributed by atoms with van der Waals surface area (Å²) < 4.78 is 38.5. The molecule has 0 aliphatic carbocycles. The van der Waals surface area contributed by atoms with Crippen LogP contribution in [-0.2, 0) is 11.0 Å². The van der Waals surface area contributed by atoms with E-state index >= 15 is 0 Å². The molecular weight excluding hydrogens is 417 g/mol. The second-order valence-electron chi connectivity index (χ2n) is 6.45. The number of alkyl halides is 3. The zero-order chi connectivity index (χ0) is 21.9. The van der Waals surface area contributed by atoms with E-state index in [1.54, 1.807) is 30.3 Å². The third-order valence-corrected chi connectivity index (χ3v) is 4.56. The van der Waals surface area contributed by atoms with Crippen molar-refractivity contribution < 1.29 is 22.8 Å². The maximum atomic E-state index is 12.9. The number of rotatable bonds is 4. The first kappa shape index (κ1) is 21.4. The molecule has 0 bridgehead atoms. The van der Waals surface area contributed by atoms with Gasteiger partial charge in [0.05, 0.1) is 16.3 Å². The number of hydrogen-bond acceptors (Lipinski definition) is 2. The third-order valence-electron chi connectivity index (χ3n) is 4.23. The monoisotopic (exact) mass is 432 g/mol. The summed E-state index contributed by atoms with van der Waals surface area (Å²) in [5, 5.41) is 5.55. The number of nitrogens with one attached hydrogen (secondary N) is 2. The minimum atomic E-state index is -4.44. The first-order chi connectivity index (χ1) is 14.1. The lowest BCUT2D eigenvalue weighted by Crippen LogP contribution is -2.14. The predicted octanol–water partition coefficient (Wildman–Crippen LogP) is 6.24. The molecule has 0 fully saturated rings. The first-order valence-corrected chi connectivity index (χ1v) is 9.18. The molecule has 0 heterocycles. The lowest BCUT2D eigenvalue weighted by atomic mass is 9.98. The van der Waals surface area contributed by atoms with E-state index in [1.165, 1.54) is 31.2 Å². The topological polar surface area (TPSA) is 58.2 Å². The van der Waals surface area contributed by atoms with Crippen molar-refractivity contribution in [2.24, 2.45) is 0 Å². The number of halogens is 4. The summed E-state index contributed by atoms with van der Waals surface area (Å²) in [5.74, 6) is -0.769. The molecule has 0 aliphatic heterocycles. The molecule has 0 spiro atoms. The molecule has 4 nitrogen and oxygen atoms in total. The lowest BCUT2D eigenvalue weighted by Gasteiger charge is -2.13. The Labute approximate surface area is 175 Å². The highest BCUT2D eigenvalue weighted by molar-refractivity contribution is 6.34. The number of amides is 2. The van der Waals surface area contributed by atoms with Crippen LogP contribution in [-0.4, -0.2) is 11.8 Å². The fourth-order valence-corrected chi connectivity index (χ4v) is 3.03. The normalized spacial score (nSPS) is 11.1. The maximum Gasteiger partial charge on any atom is 0.416 e. The number of hydrogen-bond donors (Lipinski definition) is 2. The van der Waals surface area contributed by atoms with E-state index in [1.807, 2.05) is 0 Å². The van der Waals surface area contributed by atoms with Crippen LogP contribution in [0, 0.1) is 0 Å². The van der Waals surface area contributed by atoms with E-state index in [0.717, 1.165) is 12.1 Å². The van der Waals surface area contributed by atoms with Gasteiger partial charge in [-0.3, -0.25) is 9.59 Å². The summed E-state index contributed by atoms with van der Waals surface area (Å²) >= 11 is 6.15. The Bertz CT molecular complexity index is 1100. The van der Waals surface area contributed by atoms with E-state index < -0.39 is 17.6 Å². The van der Waals surface area contributed by atoms with Crippen molar-refractivity contribution in [2.45, 2.75) is 13.1 Å². The van der Waals surface area contributed by atoms with Gasteiger partial charge in [-0.15, -0.1) is 0 Å². The lowest BCUT2D eigenvalue weighted by molar-refractivity contribution is -0.137. The van der Waals surface area contributed by atoms with Gasteiger partial charge in [-0.25, -0.2) is 0 Å². The van der Waals surface area contributed by atoms with Crippen molar-refractivity contribution in [1.29, 1.82) is 0 Å². The Hall–Kier alpha value is -3.32. The molecule has 0 aliphatic rings. The molecule has 3 aromatic rings. The molecule has 0 saturated heterocycles. The highest BCUT2D eigenvalue weighted by Gasteiger charge is 2.30. The van der Waals surface area contributed by atoms with Gasteiger partial charge in [0.15, 0.2) is 0 Å². The Kier molecular flexibility index (Phi) is 6.12. The van der Waals surface area contributed by atoms with Crippen LogP contribution in [0.3, 0.4) is 0 Å². The SMILES string of the molecule is CC(=O)Nc1ccc(Cl)c(NC(=O)c2ccccc2-c2ccc(C(F)(F)F)cc2)c1. The Balaban J connectivity index is 1.91. The van der Waals surface area contributed by atoms with Gasteiger partial charge in [0.1, 0.15) is 0 Å². The summed E-state index contributed by atoms with van der Waals surface area (Å²) in [4.78, 5) is 24.1. The average Bonchev–Trinajstić information content (AvgIpc) is 2.69. The standard InChI is InChI=1S/C22H16ClF3N2O2/c1-13(29)27-16-10-11-19(23)20(12-16)28-21(30)18-5-3-2-4-17(18)14-6-8-15(9-7-14)22(24,25)26/h2-12H,1H3,(H,27,29)(H,28,30). The smallest absolute Gasteiger partial charge is 0.326 e. The summed E-state index contributed by atoms with van der Waals surface area (Å²) in [5.41, 5.74) is 1.17. The molecule has 0 atom stereocenters. The van der Waals surface area contributed by atoms with Gasteiger partial charge in [-0.1, -0.05) is 41.9 Å². The summed E-state index contributed by atoms with van der Waals surface area (Å²) in [6, 6.07) is 15.8. The van der Waals surface area contributed by atoms with Crippen LogP contribution in [0.4, 0.5) is 24.5 Å². The largest absolute Gasteiger partial charge is 0.416 e. The molecule has 2 N–H and O–H groups in total. The Morgan fingerprint density at radius 1 is 0.900 bits per heavy atom. The molecule has 154 valence electrons. The molecule has 8 heteroatoms. The zero-order valence-electron chi connectivity index (χ0n) is 15.7. The molecule has 0 radical (unpaired) electrons. The summed E-state index contributed by atoms with van der Waals surface area (Å²) in [6.07, 6.45) is -4.44. The van der Waals surface area contributed by atoms with Crippen LogP contribution in [0.25, 0.3) is 11.1 Å². The quantitative estimate of drug-likeness (QED) is 0.513. The van der Waals surface area contributed by atoms with Gasteiger partial charge >= 0.3 is 6.18 Å². The van der Waals surface area contributed by atoms with Crippen molar-refractivity contribution in [3.8, 4) is 11.1 Å². The highest BCUT2D eigenvalue weighted by Crippen LogP contribution is 2.32. The van der Waals surface area contributed by atoms with Crippen LogP contribution in [0.5, 0.6) is 0 Å². The molecule has 0 saturated carbocycles. The minimum Gasteiger partial charge on any atom is -0.326 e. The van der Waals surface area contributed by atoms with Crippen LogP contribution < -0.4 is 10.6 Å². The average molecular weight is 433 g/mol. The Morgan fingerprint density at radius 3 is 2.20 bits per heavy atom. The minimum absolute atomic E-state index is 0.262. The summed E-state index contributed by atoms with van der Waals surface area (Å²) in [7, 11) is 0. The van der Waals surface area contributed by atoms with Crippen molar-refractivity contribution in [3.05, 3.63) is 82.9 Å². The van der Waals surface area contributed by atoms with E-state index in [9.17, 15) is 22.8 Å². The number of carbonyl (C=O) groups excluding carboxylic acids is 2. The van der Waals surface area contributed by atoms with Crippen LogP contribution in [0.15, 0.2) is 66.7 Å². The van der Waals surface area contributed by atoms with E-state index in [4.69, 9.17) is 11.6 Å². The fourth-order valence-electron chi connectivity index (χ4n) is 2.86. The van der Waals surface area contributed by atoms with E-state index in [2.05, 4.69) is 10.6 Å². The molecule has 0 unspecified atom stereocenters. The van der Waals surface area contributed by atoms with Gasteiger partial charge in [0, 0.05) is 18.2 Å². The van der Waals surface area contributed by atoms with Crippen molar-refractivity contribution in [2.75, 3.05) is 10.6 Å². The molecule has 3 rings (SSSR count). The number of carbonyl (C=O) groups is 2. The summed E-state index contributed by atoms with van der Waals surface area (Å²) in [6.45, 7) is 1.35. The number of benzene rings is 3. The highest BCUT2D eigenvalue weighted by atomic mass is 35.5. The van der Waals surface area contributed by atoms with Gasteiger partial charge in [-0.05, 0) is 47.5 Å². The van der Waals surface area contributed by atoms with Gasteiger partial charge < -0.3 is 10.6 Å². The van der Waals surface area contributed by atoms with E-state index in [-0.39, 0.29) is 22.2 Å². The van der Waals surface area contributed by atoms with Crippen molar-refractivity contribution in [3.63, 3.8) is 0 Å². The third kappa shape index (κ3) is 4.99. The molecule has 3 aromatic carbocycles. The fraction of sp³-hybridized carbons (Fsp3) is 0.0909.